The Bertz CT molecular complexity index is 1200. The number of benzene rings is 3. The monoisotopic (exact) mass is 560 g/mol. The molecular weight excluding hydrogens is 512 g/mol. The molecule has 0 aliphatic heterocycles. The van der Waals surface area contributed by atoms with Crippen molar-refractivity contribution in [2.45, 2.75) is 110 Å². The highest BCUT2D eigenvalue weighted by atomic mass is 16.5. The van der Waals surface area contributed by atoms with Crippen molar-refractivity contribution in [1.29, 1.82) is 0 Å². The highest BCUT2D eigenvalue weighted by Gasteiger charge is 2.15. The fourth-order valence-corrected chi connectivity index (χ4v) is 4.88. The molecule has 0 aromatic heterocycles. The van der Waals surface area contributed by atoms with Crippen LogP contribution in [0.4, 0.5) is 0 Å². The van der Waals surface area contributed by atoms with E-state index in [0.29, 0.717) is 16.9 Å². The largest absolute Gasteiger partial charge is 0.494 e. The van der Waals surface area contributed by atoms with Crippen LogP contribution >= 0.6 is 0 Å². The standard InChI is InChI=1S/C36H48O5/c1-4-7-9-10-11-12-13-15-25-39-34-24-21-29-26-31(18-17-30(29)27-34)36(38)41-33-22-19-28(20-23-33)35(37)40-32(6-3)16-14-8-5-2/h17-24,26-27,32H,4-16,25H2,1-3H3/t32-/m1/s1. The van der Waals surface area contributed by atoms with Crippen molar-refractivity contribution >= 4 is 22.7 Å². The molecule has 0 N–H and O–H groups in total. The van der Waals surface area contributed by atoms with Gasteiger partial charge in [0, 0.05) is 0 Å². The number of hydrogen-bond acceptors (Lipinski definition) is 5. The number of carbonyl (C=O) groups is 2. The quantitative estimate of drug-likeness (QED) is 0.0829. The van der Waals surface area contributed by atoms with Crippen LogP contribution in [0.2, 0.25) is 0 Å². The summed E-state index contributed by atoms with van der Waals surface area (Å²) in [6.07, 6.45) is 15.1. The summed E-state index contributed by atoms with van der Waals surface area (Å²) in [6.45, 7) is 7.16. The van der Waals surface area contributed by atoms with Gasteiger partial charge < -0.3 is 14.2 Å². The smallest absolute Gasteiger partial charge is 0.343 e. The second-order valence-corrected chi connectivity index (χ2v) is 10.9. The summed E-state index contributed by atoms with van der Waals surface area (Å²) in [5, 5.41) is 1.96. The summed E-state index contributed by atoms with van der Waals surface area (Å²) in [6, 6.07) is 18.0. The third-order valence-electron chi connectivity index (χ3n) is 7.47. The lowest BCUT2D eigenvalue weighted by Crippen LogP contribution is -2.17. The van der Waals surface area contributed by atoms with Gasteiger partial charge in [-0.05, 0) is 85.0 Å². The average Bonchev–Trinajstić information content (AvgIpc) is 2.99. The lowest BCUT2D eigenvalue weighted by Gasteiger charge is -2.16. The highest BCUT2D eigenvalue weighted by Crippen LogP contribution is 2.24. The van der Waals surface area contributed by atoms with E-state index in [9.17, 15) is 9.59 Å². The Balaban J connectivity index is 1.47. The Kier molecular flexibility index (Phi) is 14.3. The molecule has 5 nitrogen and oxygen atoms in total. The summed E-state index contributed by atoms with van der Waals surface area (Å²) >= 11 is 0. The van der Waals surface area contributed by atoms with E-state index in [1.165, 1.54) is 44.9 Å². The minimum atomic E-state index is -0.445. The van der Waals surface area contributed by atoms with E-state index in [0.717, 1.165) is 61.7 Å². The molecule has 222 valence electrons. The SMILES string of the molecule is CCCCCCCCCCOc1ccc2cc(C(=O)Oc3ccc(C(=O)O[C@H](CC)CCCCC)cc3)ccc2c1. The third kappa shape index (κ3) is 11.2. The van der Waals surface area contributed by atoms with Gasteiger partial charge in [0.1, 0.15) is 17.6 Å². The van der Waals surface area contributed by atoms with Crippen LogP contribution in [0.25, 0.3) is 10.8 Å². The first-order valence-electron chi connectivity index (χ1n) is 15.7. The van der Waals surface area contributed by atoms with E-state index < -0.39 is 5.97 Å². The van der Waals surface area contributed by atoms with Crippen LogP contribution in [0.5, 0.6) is 11.5 Å². The van der Waals surface area contributed by atoms with E-state index in [2.05, 4.69) is 13.8 Å². The summed E-state index contributed by atoms with van der Waals surface area (Å²) < 4.78 is 17.2. The molecule has 0 aliphatic rings. The number of unbranched alkanes of at least 4 members (excludes halogenated alkanes) is 9. The fourth-order valence-electron chi connectivity index (χ4n) is 4.88. The average molecular weight is 561 g/mol. The maximum absolute atomic E-state index is 12.8. The zero-order valence-electron chi connectivity index (χ0n) is 25.3. The van der Waals surface area contributed by atoms with Crippen LogP contribution in [-0.2, 0) is 4.74 Å². The van der Waals surface area contributed by atoms with Crippen LogP contribution < -0.4 is 9.47 Å². The van der Waals surface area contributed by atoms with Gasteiger partial charge in [-0.25, -0.2) is 9.59 Å². The van der Waals surface area contributed by atoms with Gasteiger partial charge in [-0.1, -0.05) is 90.7 Å². The predicted molar refractivity (Wildman–Crippen MR) is 167 cm³/mol. The molecule has 41 heavy (non-hydrogen) atoms. The zero-order valence-corrected chi connectivity index (χ0v) is 25.3. The number of carbonyl (C=O) groups excluding carboxylic acids is 2. The van der Waals surface area contributed by atoms with Crippen LogP contribution in [0.3, 0.4) is 0 Å². The lowest BCUT2D eigenvalue weighted by atomic mass is 10.1. The summed E-state index contributed by atoms with van der Waals surface area (Å²) in [5.41, 5.74) is 0.913. The second-order valence-electron chi connectivity index (χ2n) is 10.9. The van der Waals surface area contributed by atoms with E-state index in [-0.39, 0.29) is 12.1 Å². The van der Waals surface area contributed by atoms with Crippen molar-refractivity contribution in [3.63, 3.8) is 0 Å². The Morgan fingerprint density at radius 3 is 1.90 bits per heavy atom. The maximum Gasteiger partial charge on any atom is 0.343 e. The molecule has 0 heterocycles. The fraction of sp³-hybridized carbons (Fsp3) is 0.500. The van der Waals surface area contributed by atoms with Gasteiger partial charge in [-0.3, -0.25) is 0 Å². The van der Waals surface area contributed by atoms with Crippen LogP contribution in [0, 0.1) is 0 Å². The second kappa shape index (κ2) is 18.2. The van der Waals surface area contributed by atoms with E-state index in [4.69, 9.17) is 14.2 Å². The Hall–Kier alpha value is -3.34. The van der Waals surface area contributed by atoms with Crippen molar-refractivity contribution < 1.29 is 23.8 Å². The number of ether oxygens (including phenoxy) is 3. The van der Waals surface area contributed by atoms with E-state index in [1.807, 2.05) is 37.3 Å². The molecule has 0 aliphatic carbocycles. The normalized spacial score (nSPS) is 11.8. The molecule has 0 saturated heterocycles. The third-order valence-corrected chi connectivity index (χ3v) is 7.47. The first-order valence-corrected chi connectivity index (χ1v) is 15.7. The molecule has 0 unspecified atom stereocenters. The maximum atomic E-state index is 12.8. The Morgan fingerprint density at radius 1 is 0.610 bits per heavy atom. The topological polar surface area (TPSA) is 61.8 Å². The van der Waals surface area contributed by atoms with Gasteiger partial charge in [-0.15, -0.1) is 0 Å². The zero-order chi connectivity index (χ0) is 29.3. The van der Waals surface area contributed by atoms with Gasteiger partial charge in [0.2, 0.25) is 0 Å². The van der Waals surface area contributed by atoms with Gasteiger partial charge in [0.05, 0.1) is 17.7 Å². The molecular formula is C36H48O5. The predicted octanol–water partition coefficient (Wildman–Crippen LogP) is 10.1. The number of rotatable bonds is 19. The number of fused-ring (bicyclic) bond motifs is 1. The molecule has 3 rings (SSSR count). The van der Waals surface area contributed by atoms with Crippen molar-refractivity contribution in [3.05, 3.63) is 71.8 Å². The van der Waals surface area contributed by atoms with Gasteiger partial charge >= 0.3 is 11.9 Å². The molecule has 0 spiro atoms. The van der Waals surface area contributed by atoms with Gasteiger partial charge in [0.25, 0.3) is 0 Å². The molecule has 3 aromatic carbocycles. The Labute approximate surface area is 246 Å². The van der Waals surface area contributed by atoms with E-state index >= 15 is 0 Å². The summed E-state index contributed by atoms with van der Waals surface area (Å²) in [5.74, 6) is 0.438. The van der Waals surface area contributed by atoms with Gasteiger partial charge in [-0.2, -0.15) is 0 Å². The van der Waals surface area contributed by atoms with Crippen molar-refractivity contribution in [1.82, 2.24) is 0 Å². The van der Waals surface area contributed by atoms with Crippen molar-refractivity contribution in [2.24, 2.45) is 0 Å². The van der Waals surface area contributed by atoms with E-state index in [1.54, 1.807) is 30.3 Å². The first-order chi connectivity index (χ1) is 20.0. The molecule has 0 amide bonds. The highest BCUT2D eigenvalue weighted by molar-refractivity contribution is 5.97. The van der Waals surface area contributed by atoms with Gasteiger partial charge in [0.15, 0.2) is 0 Å². The Morgan fingerprint density at radius 2 is 1.20 bits per heavy atom. The van der Waals surface area contributed by atoms with Crippen molar-refractivity contribution in [2.75, 3.05) is 6.61 Å². The molecule has 1 atom stereocenters. The molecule has 0 bridgehead atoms. The summed E-state index contributed by atoms with van der Waals surface area (Å²) in [4.78, 5) is 25.4. The number of hydrogen-bond donors (Lipinski definition) is 0. The summed E-state index contributed by atoms with van der Waals surface area (Å²) in [7, 11) is 0. The molecule has 0 fully saturated rings. The molecule has 5 heteroatoms. The molecule has 3 aromatic rings. The molecule has 0 saturated carbocycles. The minimum absolute atomic E-state index is 0.0722. The van der Waals surface area contributed by atoms with Crippen molar-refractivity contribution in [3.8, 4) is 11.5 Å². The minimum Gasteiger partial charge on any atom is -0.494 e. The lowest BCUT2D eigenvalue weighted by molar-refractivity contribution is 0.0267. The van der Waals surface area contributed by atoms with Crippen LogP contribution in [0.1, 0.15) is 125 Å². The van der Waals surface area contributed by atoms with Crippen LogP contribution in [-0.4, -0.2) is 24.6 Å². The first kappa shape index (κ1) is 32.2. The van der Waals surface area contributed by atoms with Crippen LogP contribution in [0.15, 0.2) is 60.7 Å². The molecule has 0 radical (unpaired) electrons. The number of esters is 2.